The van der Waals surface area contributed by atoms with Gasteiger partial charge in [-0.3, -0.25) is 14.2 Å². The van der Waals surface area contributed by atoms with E-state index in [9.17, 15) is 14.4 Å². The van der Waals surface area contributed by atoms with E-state index in [-0.39, 0.29) is 12.5 Å². The number of carbonyl (C=O) groups is 1. The van der Waals surface area contributed by atoms with Crippen molar-refractivity contribution in [3.63, 3.8) is 0 Å². The Balaban J connectivity index is 1.87. The minimum absolute atomic E-state index is 0.214. The van der Waals surface area contributed by atoms with E-state index < -0.39 is 11.2 Å². The third kappa shape index (κ3) is 3.90. The van der Waals surface area contributed by atoms with Crippen LogP contribution in [0.15, 0.2) is 101 Å². The van der Waals surface area contributed by atoms with Crippen molar-refractivity contribution in [1.29, 1.82) is 0 Å². The zero-order chi connectivity index (χ0) is 22.7. The van der Waals surface area contributed by atoms with Crippen LogP contribution < -0.4 is 16.1 Å². The molecule has 1 aromatic heterocycles. The van der Waals surface area contributed by atoms with E-state index >= 15 is 0 Å². The summed E-state index contributed by atoms with van der Waals surface area (Å²) in [7, 11) is 0. The first-order valence-electron chi connectivity index (χ1n) is 10.3. The van der Waals surface area contributed by atoms with E-state index in [2.05, 4.69) is 6.58 Å². The smallest absolute Gasteiger partial charge is 0.307 e. The molecule has 0 saturated heterocycles. The van der Waals surface area contributed by atoms with Crippen LogP contribution in [0.2, 0.25) is 0 Å². The van der Waals surface area contributed by atoms with Crippen LogP contribution in [0.25, 0.3) is 16.6 Å². The van der Waals surface area contributed by atoms with Crippen LogP contribution >= 0.6 is 0 Å². The number of fused-ring (bicyclic) bond motifs is 1. The largest absolute Gasteiger partial charge is 0.336 e. The van der Waals surface area contributed by atoms with Gasteiger partial charge in [-0.1, -0.05) is 54.1 Å². The number of rotatable bonds is 6. The average molecular weight is 425 g/mol. The van der Waals surface area contributed by atoms with Crippen molar-refractivity contribution in [3.05, 3.63) is 118 Å². The van der Waals surface area contributed by atoms with Crippen molar-refractivity contribution in [3.8, 4) is 5.69 Å². The number of hydrogen-bond donors (Lipinski definition) is 0. The molecule has 0 aliphatic heterocycles. The van der Waals surface area contributed by atoms with E-state index in [0.29, 0.717) is 28.8 Å². The fourth-order valence-corrected chi connectivity index (χ4v) is 3.70. The molecule has 0 bridgehead atoms. The van der Waals surface area contributed by atoms with Crippen LogP contribution in [0.4, 0.5) is 5.69 Å². The number of benzene rings is 3. The summed E-state index contributed by atoms with van der Waals surface area (Å²) in [5, 5.41) is 0.371. The molecule has 6 heteroatoms. The Morgan fingerprint density at radius 1 is 0.938 bits per heavy atom. The Hall–Kier alpha value is -4.19. The van der Waals surface area contributed by atoms with Gasteiger partial charge in [0.1, 0.15) is 6.54 Å². The van der Waals surface area contributed by atoms with Crippen molar-refractivity contribution < 1.29 is 4.79 Å². The van der Waals surface area contributed by atoms with Gasteiger partial charge < -0.3 is 4.90 Å². The van der Waals surface area contributed by atoms with Crippen molar-refractivity contribution in [1.82, 2.24) is 9.13 Å². The predicted molar refractivity (Wildman–Crippen MR) is 128 cm³/mol. The molecule has 0 saturated carbocycles. The molecule has 4 aromatic rings. The molecule has 0 unspecified atom stereocenters. The second-order valence-corrected chi connectivity index (χ2v) is 7.49. The number of aromatic nitrogens is 2. The zero-order valence-electron chi connectivity index (χ0n) is 17.8. The summed E-state index contributed by atoms with van der Waals surface area (Å²) < 4.78 is 2.48. The Morgan fingerprint density at radius 2 is 1.59 bits per heavy atom. The molecular formula is C26H23N3O3. The standard InChI is InChI=1S/C26H23N3O3/c1-3-17-27(20-9-5-4-6-10-20)24(30)18-28-23-12-8-7-11-22(23)25(31)29(26(28)32)21-15-13-19(2)14-16-21/h3-16H,1,17-18H2,2H3. The van der Waals surface area contributed by atoms with Gasteiger partial charge >= 0.3 is 5.69 Å². The Bertz CT molecular complexity index is 1400. The molecule has 32 heavy (non-hydrogen) atoms. The van der Waals surface area contributed by atoms with Crippen LogP contribution in [0.3, 0.4) is 0 Å². The molecule has 1 amide bonds. The van der Waals surface area contributed by atoms with Gasteiger partial charge in [0.15, 0.2) is 0 Å². The van der Waals surface area contributed by atoms with Gasteiger partial charge in [-0.2, -0.15) is 0 Å². The summed E-state index contributed by atoms with van der Waals surface area (Å²) in [4.78, 5) is 41.5. The van der Waals surface area contributed by atoms with Gasteiger partial charge in [-0.15, -0.1) is 6.58 Å². The Kier molecular flexibility index (Phi) is 5.85. The summed E-state index contributed by atoms with van der Waals surface area (Å²) >= 11 is 0. The second-order valence-electron chi connectivity index (χ2n) is 7.49. The highest BCUT2D eigenvalue weighted by Crippen LogP contribution is 2.16. The van der Waals surface area contributed by atoms with Crippen LogP contribution in [-0.2, 0) is 11.3 Å². The fourth-order valence-electron chi connectivity index (χ4n) is 3.70. The maximum Gasteiger partial charge on any atom is 0.336 e. The van der Waals surface area contributed by atoms with Crippen molar-refractivity contribution in [2.75, 3.05) is 11.4 Å². The zero-order valence-corrected chi connectivity index (χ0v) is 17.8. The summed E-state index contributed by atoms with van der Waals surface area (Å²) in [6, 6.07) is 23.2. The fraction of sp³-hybridized carbons (Fsp3) is 0.115. The molecule has 1 heterocycles. The third-order valence-electron chi connectivity index (χ3n) is 5.32. The SMILES string of the molecule is C=CCN(C(=O)Cn1c(=O)n(-c2ccc(C)cc2)c(=O)c2ccccc21)c1ccccc1. The predicted octanol–water partition coefficient (Wildman–Crippen LogP) is 3.68. The van der Waals surface area contributed by atoms with Gasteiger partial charge in [-0.25, -0.2) is 9.36 Å². The topological polar surface area (TPSA) is 64.3 Å². The number of anilines is 1. The summed E-state index contributed by atoms with van der Waals surface area (Å²) in [5.41, 5.74) is 1.64. The van der Waals surface area contributed by atoms with E-state index in [1.807, 2.05) is 49.4 Å². The van der Waals surface area contributed by atoms with Gasteiger partial charge in [0.25, 0.3) is 5.56 Å². The lowest BCUT2D eigenvalue weighted by Gasteiger charge is -2.22. The molecule has 0 spiro atoms. The van der Waals surface area contributed by atoms with E-state index in [1.165, 1.54) is 4.57 Å². The molecule has 160 valence electrons. The number of amides is 1. The molecule has 4 rings (SSSR count). The van der Waals surface area contributed by atoms with Crippen LogP contribution in [0, 0.1) is 6.92 Å². The normalized spacial score (nSPS) is 10.8. The van der Waals surface area contributed by atoms with Crippen LogP contribution in [-0.4, -0.2) is 21.6 Å². The van der Waals surface area contributed by atoms with Crippen molar-refractivity contribution >= 4 is 22.5 Å². The lowest BCUT2D eigenvalue weighted by Crippen LogP contribution is -2.43. The molecule has 0 aliphatic rings. The number of nitrogens with zero attached hydrogens (tertiary/aromatic N) is 3. The number of hydrogen-bond acceptors (Lipinski definition) is 3. The monoisotopic (exact) mass is 425 g/mol. The maximum atomic E-state index is 13.5. The molecule has 3 aromatic carbocycles. The Labute approximate surface area is 185 Å². The first-order chi connectivity index (χ1) is 15.5. The van der Waals surface area contributed by atoms with Crippen LogP contribution in [0.1, 0.15) is 5.56 Å². The first-order valence-corrected chi connectivity index (χ1v) is 10.3. The lowest BCUT2D eigenvalue weighted by atomic mass is 10.2. The summed E-state index contributed by atoms with van der Waals surface area (Å²) in [6.45, 7) is 5.76. The molecule has 6 nitrogen and oxygen atoms in total. The maximum absolute atomic E-state index is 13.5. The molecule has 0 N–H and O–H groups in total. The Morgan fingerprint density at radius 3 is 2.28 bits per heavy atom. The van der Waals surface area contributed by atoms with E-state index in [0.717, 1.165) is 10.1 Å². The van der Waals surface area contributed by atoms with Gasteiger partial charge in [0.05, 0.1) is 16.6 Å². The quantitative estimate of drug-likeness (QED) is 0.443. The average Bonchev–Trinajstić information content (AvgIpc) is 2.82. The van der Waals surface area contributed by atoms with Gasteiger partial charge in [0, 0.05) is 12.2 Å². The van der Waals surface area contributed by atoms with Crippen molar-refractivity contribution in [2.24, 2.45) is 0 Å². The highest BCUT2D eigenvalue weighted by Gasteiger charge is 2.20. The number of aryl methyl sites for hydroxylation is 1. The minimum Gasteiger partial charge on any atom is -0.307 e. The molecule has 0 fully saturated rings. The second kappa shape index (κ2) is 8.89. The van der Waals surface area contributed by atoms with Crippen molar-refractivity contribution in [2.45, 2.75) is 13.5 Å². The molecular weight excluding hydrogens is 402 g/mol. The molecule has 0 aliphatic carbocycles. The number of para-hydroxylation sites is 2. The lowest BCUT2D eigenvalue weighted by molar-refractivity contribution is -0.119. The first kappa shape index (κ1) is 21.1. The van der Waals surface area contributed by atoms with E-state index in [4.69, 9.17) is 0 Å². The molecule has 0 atom stereocenters. The third-order valence-corrected chi connectivity index (χ3v) is 5.32. The van der Waals surface area contributed by atoms with E-state index in [1.54, 1.807) is 47.4 Å². The highest BCUT2D eigenvalue weighted by molar-refractivity contribution is 5.94. The minimum atomic E-state index is -0.558. The molecule has 0 radical (unpaired) electrons. The van der Waals surface area contributed by atoms with Gasteiger partial charge in [-0.05, 0) is 43.3 Å². The van der Waals surface area contributed by atoms with Gasteiger partial charge in [0.2, 0.25) is 5.91 Å². The number of carbonyl (C=O) groups excluding carboxylic acids is 1. The summed E-state index contributed by atoms with van der Waals surface area (Å²) in [5.74, 6) is -0.280. The highest BCUT2D eigenvalue weighted by atomic mass is 16.2. The van der Waals surface area contributed by atoms with Crippen LogP contribution in [0.5, 0.6) is 0 Å². The summed E-state index contributed by atoms with van der Waals surface area (Å²) in [6.07, 6.45) is 1.64.